The van der Waals surface area contributed by atoms with Crippen LogP contribution in [0.5, 0.6) is 0 Å². The minimum absolute atomic E-state index is 0.00873. The fraction of sp³-hybridized carbons (Fsp3) is 0.750. The molecule has 1 fully saturated rings. The molecule has 0 aliphatic carbocycles. The highest BCUT2D eigenvalue weighted by Gasteiger charge is 2.31. The number of rotatable bonds is 7. The third-order valence-electron chi connectivity index (χ3n) is 4.84. The number of carbonyl (C=O) groups excluding carboxylic acids is 1. The van der Waals surface area contributed by atoms with Crippen molar-refractivity contribution in [3.63, 3.8) is 0 Å². The molecule has 144 valence electrons. The minimum atomic E-state index is -2.91. The number of nitriles is 1. The average molecular weight is 400 g/mol. The van der Waals surface area contributed by atoms with Gasteiger partial charge in [0.15, 0.2) is 15.0 Å². The Labute approximate surface area is 158 Å². The lowest BCUT2D eigenvalue weighted by Gasteiger charge is -2.27. The molecule has 2 rings (SSSR count). The van der Waals surface area contributed by atoms with Gasteiger partial charge in [-0.1, -0.05) is 25.6 Å². The molecule has 2 heterocycles. The molecule has 0 bridgehead atoms. The highest BCUT2D eigenvalue weighted by atomic mass is 32.2. The molecule has 1 N–H and O–H groups in total. The van der Waals surface area contributed by atoms with Crippen LogP contribution >= 0.6 is 11.8 Å². The number of hydrogen-bond acceptors (Lipinski definition) is 7. The van der Waals surface area contributed by atoms with Crippen LogP contribution in [0.3, 0.4) is 0 Å². The predicted molar refractivity (Wildman–Crippen MR) is 99.2 cm³/mol. The van der Waals surface area contributed by atoms with Gasteiger partial charge in [0, 0.05) is 13.5 Å². The van der Waals surface area contributed by atoms with E-state index in [0.717, 1.165) is 5.82 Å². The van der Waals surface area contributed by atoms with Crippen molar-refractivity contribution in [2.45, 2.75) is 44.3 Å². The normalized spacial score (nSPS) is 21.3. The average Bonchev–Trinajstić information content (AvgIpc) is 3.08. The van der Waals surface area contributed by atoms with Crippen molar-refractivity contribution in [3.05, 3.63) is 5.82 Å². The van der Waals surface area contributed by atoms with Crippen molar-refractivity contribution >= 4 is 27.5 Å². The molecule has 0 saturated carbocycles. The third kappa shape index (κ3) is 4.98. The van der Waals surface area contributed by atoms with Gasteiger partial charge in [-0.15, -0.1) is 10.2 Å². The lowest BCUT2D eigenvalue weighted by atomic mass is 9.90. The number of nitrogens with zero attached hydrogens (tertiary/aromatic N) is 4. The molecule has 8 nitrogen and oxygen atoms in total. The summed E-state index contributed by atoms with van der Waals surface area (Å²) in [5, 5.41) is 20.9. The van der Waals surface area contributed by atoms with Crippen molar-refractivity contribution in [1.82, 2.24) is 20.1 Å². The van der Waals surface area contributed by atoms with Crippen LogP contribution in [0.2, 0.25) is 0 Å². The summed E-state index contributed by atoms with van der Waals surface area (Å²) >= 11 is 1.25. The number of sulfone groups is 1. The molecule has 0 spiro atoms. The summed E-state index contributed by atoms with van der Waals surface area (Å²) < 4.78 is 24.9. The Morgan fingerprint density at radius 3 is 2.73 bits per heavy atom. The van der Waals surface area contributed by atoms with E-state index < -0.39 is 15.4 Å². The van der Waals surface area contributed by atoms with Crippen LogP contribution in [0.1, 0.15) is 33.0 Å². The van der Waals surface area contributed by atoms with Crippen LogP contribution in [-0.4, -0.2) is 51.9 Å². The van der Waals surface area contributed by atoms with E-state index in [1.165, 1.54) is 11.8 Å². The molecule has 26 heavy (non-hydrogen) atoms. The van der Waals surface area contributed by atoms with Gasteiger partial charge in [-0.3, -0.25) is 4.79 Å². The topological polar surface area (TPSA) is 118 Å². The van der Waals surface area contributed by atoms with Gasteiger partial charge in [-0.25, -0.2) is 8.42 Å². The van der Waals surface area contributed by atoms with Gasteiger partial charge in [0.2, 0.25) is 5.91 Å². The van der Waals surface area contributed by atoms with Crippen molar-refractivity contribution in [1.29, 1.82) is 5.26 Å². The largest absolute Gasteiger partial charge is 0.337 e. The third-order valence-corrected chi connectivity index (χ3v) is 7.70. The highest BCUT2D eigenvalue weighted by Crippen LogP contribution is 2.24. The predicted octanol–water partition coefficient (Wildman–Crippen LogP) is 0.939. The van der Waals surface area contributed by atoms with E-state index in [-0.39, 0.29) is 35.0 Å². The first-order valence-corrected chi connectivity index (χ1v) is 11.3. The number of carbonyl (C=O) groups is 1. The zero-order chi connectivity index (χ0) is 19.5. The van der Waals surface area contributed by atoms with Crippen LogP contribution in [0.15, 0.2) is 5.16 Å². The Morgan fingerprint density at radius 2 is 2.19 bits per heavy atom. The first-order chi connectivity index (χ1) is 12.1. The van der Waals surface area contributed by atoms with E-state index in [4.69, 9.17) is 0 Å². The fourth-order valence-corrected chi connectivity index (χ4v) is 5.29. The van der Waals surface area contributed by atoms with Crippen molar-refractivity contribution in [3.8, 4) is 6.07 Å². The van der Waals surface area contributed by atoms with E-state index in [0.29, 0.717) is 18.0 Å². The Hall–Kier alpha value is -1.60. The van der Waals surface area contributed by atoms with E-state index in [1.807, 2.05) is 20.9 Å². The quantitative estimate of drug-likeness (QED) is 0.678. The standard InChI is InChI=1S/C16H25N5O3S2/c1-11(2)16(3,10-17)18-14(22)8-25-15-20-19-13(21(15)4)7-12-5-6-26(23,24)9-12/h11-12H,5-9H2,1-4H3,(H,18,22)/t12-,16+/m0/s1. The summed E-state index contributed by atoms with van der Waals surface area (Å²) in [7, 11) is -1.10. The molecule has 0 radical (unpaired) electrons. The van der Waals surface area contributed by atoms with Crippen molar-refractivity contribution in [2.24, 2.45) is 18.9 Å². The van der Waals surface area contributed by atoms with Gasteiger partial charge in [-0.05, 0) is 25.2 Å². The zero-order valence-corrected chi connectivity index (χ0v) is 17.2. The van der Waals surface area contributed by atoms with E-state index in [1.54, 1.807) is 11.5 Å². The minimum Gasteiger partial charge on any atom is -0.337 e. The lowest BCUT2D eigenvalue weighted by molar-refractivity contribution is -0.120. The van der Waals surface area contributed by atoms with Gasteiger partial charge >= 0.3 is 0 Å². The Morgan fingerprint density at radius 1 is 1.50 bits per heavy atom. The second-order valence-corrected chi connectivity index (χ2v) is 10.4. The van der Waals surface area contributed by atoms with Gasteiger partial charge in [0.05, 0.1) is 23.3 Å². The molecule has 1 saturated heterocycles. The molecule has 1 amide bonds. The van der Waals surface area contributed by atoms with Crippen LogP contribution in [0.4, 0.5) is 0 Å². The smallest absolute Gasteiger partial charge is 0.231 e. The zero-order valence-electron chi connectivity index (χ0n) is 15.5. The highest BCUT2D eigenvalue weighted by molar-refractivity contribution is 7.99. The summed E-state index contributed by atoms with van der Waals surface area (Å²) in [5.74, 6) is 1.13. The van der Waals surface area contributed by atoms with Crippen LogP contribution in [0, 0.1) is 23.2 Å². The number of nitrogens with one attached hydrogen (secondary N) is 1. The summed E-state index contributed by atoms with van der Waals surface area (Å²) in [6, 6.07) is 2.15. The van der Waals surface area contributed by atoms with Gasteiger partial charge < -0.3 is 9.88 Å². The van der Waals surface area contributed by atoms with Crippen molar-refractivity contribution in [2.75, 3.05) is 17.3 Å². The Balaban J connectivity index is 1.92. The summed E-state index contributed by atoms with van der Waals surface area (Å²) in [6.07, 6.45) is 1.22. The molecule has 10 heteroatoms. The number of aromatic nitrogens is 3. The lowest BCUT2D eigenvalue weighted by Crippen LogP contribution is -2.49. The Bertz CT molecular complexity index is 812. The van der Waals surface area contributed by atoms with Gasteiger partial charge in [-0.2, -0.15) is 5.26 Å². The second kappa shape index (κ2) is 7.96. The monoisotopic (exact) mass is 399 g/mol. The fourth-order valence-electron chi connectivity index (χ4n) is 2.70. The summed E-state index contributed by atoms with van der Waals surface area (Å²) in [6.45, 7) is 5.47. The molecule has 1 aliphatic heterocycles. The maximum Gasteiger partial charge on any atom is 0.231 e. The number of hydrogen-bond donors (Lipinski definition) is 1. The molecule has 0 aromatic carbocycles. The first kappa shape index (κ1) is 20.7. The van der Waals surface area contributed by atoms with Crippen LogP contribution in [0.25, 0.3) is 0 Å². The van der Waals surface area contributed by atoms with Gasteiger partial charge in [0.25, 0.3) is 0 Å². The maximum absolute atomic E-state index is 12.2. The molecular formula is C16H25N5O3S2. The van der Waals surface area contributed by atoms with Gasteiger partial charge in [0.1, 0.15) is 11.4 Å². The molecule has 2 atom stereocenters. The van der Waals surface area contributed by atoms with E-state index in [9.17, 15) is 18.5 Å². The van der Waals surface area contributed by atoms with Crippen LogP contribution in [-0.2, 0) is 28.1 Å². The van der Waals surface area contributed by atoms with Crippen LogP contribution < -0.4 is 5.32 Å². The SMILES string of the molecule is CC(C)[C@@](C)(C#N)NC(=O)CSc1nnc(C[C@@H]2CCS(=O)(=O)C2)n1C. The van der Waals surface area contributed by atoms with Crippen molar-refractivity contribution < 1.29 is 13.2 Å². The maximum atomic E-state index is 12.2. The molecular weight excluding hydrogens is 374 g/mol. The second-order valence-electron chi connectivity index (χ2n) is 7.24. The van der Waals surface area contributed by atoms with E-state index in [2.05, 4.69) is 21.6 Å². The molecule has 1 aromatic heterocycles. The number of amides is 1. The number of thioether (sulfide) groups is 1. The first-order valence-electron chi connectivity index (χ1n) is 8.50. The summed E-state index contributed by atoms with van der Waals surface area (Å²) in [4.78, 5) is 12.2. The molecule has 1 aromatic rings. The Kier molecular flexibility index (Phi) is 6.34. The van der Waals surface area contributed by atoms with E-state index >= 15 is 0 Å². The molecule has 1 aliphatic rings. The summed E-state index contributed by atoms with van der Waals surface area (Å²) in [5.41, 5.74) is -0.906. The molecule has 0 unspecified atom stereocenters.